The number of aliphatic carboxylic acids is 1. The smallest absolute Gasteiger partial charge is 0.241 e. The van der Waals surface area contributed by atoms with E-state index in [-0.39, 0.29) is 30.1 Å². The maximum atomic E-state index is 13.4. The molecule has 0 radical (unpaired) electrons. The quantitative estimate of drug-likeness (QED) is 0.311. The highest BCUT2D eigenvalue weighted by Gasteiger charge is 2.36. The average Bonchev–Trinajstić information content (AvgIpc) is 3.33. The predicted molar refractivity (Wildman–Crippen MR) is 129 cm³/mol. The fraction of sp³-hybridized carbons (Fsp3) is 0.240. The molecule has 2 atom stereocenters. The maximum absolute atomic E-state index is 13.4. The lowest BCUT2D eigenvalue weighted by molar-refractivity contribution is -0.310. The molecule has 1 aliphatic heterocycles. The molecular formula is C25H25N4O5S-. The molecule has 3 aromatic rings. The Morgan fingerprint density at radius 3 is 2.54 bits per heavy atom. The Balaban J connectivity index is 1.68. The normalized spacial score (nSPS) is 16.8. The number of carboxylic acids is 1. The zero-order valence-electron chi connectivity index (χ0n) is 18.8. The minimum atomic E-state index is -4.14. The van der Waals surface area contributed by atoms with Gasteiger partial charge in [0.1, 0.15) is 11.9 Å². The second kappa shape index (κ2) is 9.85. The second-order valence-corrected chi connectivity index (χ2v) is 10.2. The number of rotatable bonds is 8. The molecule has 0 aromatic heterocycles. The van der Waals surface area contributed by atoms with Crippen LogP contribution in [-0.4, -0.2) is 49.7 Å². The van der Waals surface area contributed by atoms with E-state index in [9.17, 15) is 23.1 Å². The summed E-state index contributed by atoms with van der Waals surface area (Å²) in [6.07, 6.45) is 0.676. The summed E-state index contributed by atoms with van der Waals surface area (Å²) in [4.78, 5) is 26.2. The highest BCUT2D eigenvalue weighted by molar-refractivity contribution is 7.89. The van der Waals surface area contributed by atoms with Gasteiger partial charge in [-0.15, -0.1) is 0 Å². The van der Waals surface area contributed by atoms with Crippen LogP contribution in [0.4, 0.5) is 0 Å². The first-order chi connectivity index (χ1) is 16.7. The second-order valence-electron chi connectivity index (χ2n) is 8.51. The summed E-state index contributed by atoms with van der Waals surface area (Å²) in [5.41, 5.74) is 6.57. The number of carboxylic acid groups (broad SMARTS) is 1. The van der Waals surface area contributed by atoms with E-state index in [4.69, 9.17) is 11.1 Å². The van der Waals surface area contributed by atoms with Crippen LogP contribution < -0.4 is 15.6 Å². The van der Waals surface area contributed by atoms with Crippen molar-refractivity contribution < 1.29 is 23.1 Å². The van der Waals surface area contributed by atoms with Gasteiger partial charge in [-0.2, -0.15) is 4.72 Å². The van der Waals surface area contributed by atoms with Crippen molar-refractivity contribution in [2.75, 3.05) is 6.54 Å². The summed E-state index contributed by atoms with van der Waals surface area (Å²) in [5, 5.41) is 20.8. The zero-order chi connectivity index (χ0) is 25.2. The molecule has 1 aliphatic rings. The van der Waals surface area contributed by atoms with E-state index < -0.39 is 34.0 Å². The molecule has 1 fully saturated rings. The zero-order valence-corrected chi connectivity index (χ0v) is 19.6. The minimum Gasteiger partial charge on any atom is -0.548 e. The van der Waals surface area contributed by atoms with Crippen LogP contribution in [0.5, 0.6) is 0 Å². The summed E-state index contributed by atoms with van der Waals surface area (Å²) in [6, 6.07) is 16.2. The number of nitrogen functional groups attached to an aromatic ring is 1. The summed E-state index contributed by atoms with van der Waals surface area (Å²) in [6.45, 7) is 0.194. The third-order valence-corrected chi connectivity index (χ3v) is 7.58. The van der Waals surface area contributed by atoms with Gasteiger partial charge in [0.15, 0.2) is 0 Å². The summed E-state index contributed by atoms with van der Waals surface area (Å²) >= 11 is 0. The number of nitrogens with two attached hydrogens (primary N) is 1. The molecule has 9 nitrogen and oxygen atoms in total. The number of amides is 1. The van der Waals surface area contributed by atoms with Crippen LogP contribution in [0.3, 0.4) is 0 Å². The van der Waals surface area contributed by atoms with Gasteiger partial charge in [-0.05, 0) is 53.8 Å². The number of sulfonamides is 1. The molecule has 0 aliphatic carbocycles. The predicted octanol–water partition coefficient (Wildman–Crippen LogP) is 0.754. The van der Waals surface area contributed by atoms with Crippen LogP contribution in [0.2, 0.25) is 0 Å². The number of likely N-dealkylation sites (tertiary alicyclic amines) is 1. The van der Waals surface area contributed by atoms with Crippen LogP contribution in [0.1, 0.15) is 24.0 Å². The van der Waals surface area contributed by atoms with Crippen molar-refractivity contribution in [3.8, 4) is 0 Å². The minimum absolute atomic E-state index is 0.00985. The van der Waals surface area contributed by atoms with Crippen LogP contribution in [-0.2, 0) is 26.0 Å². The number of carbonyl (C=O) groups excluding carboxylic acids is 2. The molecule has 10 heteroatoms. The molecule has 4 N–H and O–H groups in total. The number of nitrogens with one attached hydrogen (secondary N) is 2. The van der Waals surface area contributed by atoms with E-state index in [2.05, 4.69) is 4.72 Å². The average molecular weight is 494 g/mol. The van der Waals surface area contributed by atoms with Gasteiger partial charge in [-0.1, -0.05) is 48.5 Å². The van der Waals surface area contributed by atoms with Crippen LogP contribution in [0.15, 0.2) is 71.6 Å². The Labute approximate surface area is 203 Å². The molecule has 2 unspecified atom stereocenters. The van der Waals surface area contributed by atoms with Crippen LogP contribution in [0, 0.1) is 5.41 Å². The lowest BCUT2D eigenvalue weighted by atomic mass is 10.0. The topological polar surface area (TPSA) is 156 Å². The largest absolute Gasteiger partial charge is 0.548 e. The molecule has 0 bridgehead atoms. The number of fused-ring (bicyclic) bond motifs is 1. The van der Waals surface area contributed by atoms with Crippen LogP contribution in [0.25, 0.3) is 10.8 Å². The van der Waals surface area contributed by atoms with Crippen molar-refractivity contribution in [2.45, 2.75) is 36.2 Å². The van der Waals surface area contributed by atoms with E-state index in [1.54, 1.807) is 42.5 Å². The standard InChI is InChI=1S/C25H26N4O5S/c26-23(27)19-8-3-5-16(13-19)14-21(24(30)29-12-4-9-22(29)25(31)32)28-35(33,34)20-11-10-17-6-1-2-7-18(17)15-20/h1-3,5-8,10-11,13,15,21-22,28H,4,9,12,14H2,(H3,26,27)(H,31,32)/p-1. The summed E-state index contributed by atoms with van der Waals surface area (Å²) in [7, 11) is -4.14. The molecular weight excluding hydrogens is 468 g/mol. The fourth-order valence-electron chi connectivity index (χ4n) is 4.35. The van der Waals surface area contributed by atoms with E-state index in [1.165, 1.54) is 12.1 Å². The van der Waals surface area contributed by atoms with Gasteiger partial charge in [0.05, 0.1) is 16.9 Å². The number of hydrogen-bond donors (Lipinski definition) is 3. The first-order valence-corrected chi connectivity index (χ1v) is 12.6. The van der Waals surface area contributed by atoms with Gasteiger partial charge < -0.3 is 20.5 Å². The maximum Gasteiger partial charge on any atom is 0.241 e. The lowest BCUT2D eigenvalue weighted by Crippen LogP contribution is -2.54. The van der Waals surface area contributed by atoms with Gasteiger partial charge in [0.25, 0.3) is 0 Å². The fourth-order valence-corrected chi connectivity index (χ4v) is 5.57. The number of nitrogens with zero attached hydrogens (tertiary/aromatic N) is 1. The first kappa shape index (κ1) is 24.4. The number of carbonyl (C=O) groups is 2. The number of benzene rings is 3. The van der Waals surface area contributed by atoms with E-state index >= 15 is 0 Å². The Morgan fingerprint density at radius 1 is 1.09 bits per heavy atom. The third kappa shape index (κ3) is 5.33. The molecule has 0 saturated carbocycles. The molecule has 1 amide bonds. The monoisotopic (exact) mass is 493 g/mol. The molecule has 182 valence electrons. The van der Waals surface area contributed by atoms with Crippen molar-refractivity contribution in [2.24, 2.45) is 5.73 Å². The molecule has 3 aromatic carbocycles. The van der Waals surface area contributed by atoms with Crippen molar-refractivity contribution >= 4 is 38.5 Å². The molecule has 35 heavy (non-hydrogen) atoms. The highest BCUT2D eigenvalue weighted by Crippen LogP contribution is 2.22. The van der Waals surface area contributed by atoms with Crippen molar-refractivity contribution in [3.63, 3.8) is 0 Å². The number of hydrogen-bond acceptors (Lipinski definition) is 6. The first-order valence-electron chi connectivity index (χ1n) is 11.1. The summed E-state index contributed by atoms with van der Waals surface area (Å²) < 4.78 is 29.1. The van der Waals surface area contributed by atoms with Gasteiger partial charge in [-0.25, -0.2) is 8.42 Å². The summed E-state index contributed by atoms with van der Waals surface area (Å²) in [5.74, 6) is -2.18. The molecule has 1 saturated heterocycles. The Kier molecular flexibility index (Phi) is 6.86. The molecule has 4 rings (SSSR count). The Hall–Kier alpha value is -3.76. The van der Waals surface area contributed by atoms with Gasteiger partial charge in [0, 0.05) is 12.1 Å². The Morgan fingerprint density at radius 2 is 1.83 bits per heavy atom. The van der Waals surface area contributed by atoms with Crippen molar-refractivity contribution in [1.29, 1.82) is 5.41 Å². The van der Waals surface area contributed by atoms with Gasteiger partial charge in [-0.3, -0.25) is 10.2 Å². The highest BCUT2D eigenvalue weighted by atomic mass is 32.2. The van der Waals surface area contributed by atoms with Gasteiger partial charge in [0.2, 0.25) is 15.9 Å². The molecule has 0 spiro atoms. The number of amidine groups is 1. The van der Waals surface area contributed by atoms with Gasteiger partial charge >= 0.3 is 0 Å². The SMILES string of the molecule is N=C(N)c1cccc(CC(NS(=O)(=O)c2ccc3ccccc3c2)C(=O)N2CCCC2C(=O)[O-])c1. The van der Waals surface area contributed by atoms with Crippen molar-refractivity contribution in [3.05, 3.63) is 77.9 Å². The van der Waals surface area contributed by atoms with E-state index in [1.807, 2.05) is 12.1 Å². The van der Waals surface area contributed by atoms with Crippen molar-refractivity contribution in [1.82, 2.24) is 9.62 Å². The van der Waals surface area contributed by atoms with E-state index in [0.29, 0.717) is 17.5 Å². The third-order valence-electron chi connectivity index (χ3n) is 6.11. The lowest BCUT2D eigenvalue weighted by Gasteiger charge is -2.30. The molecule has 1 heterocycles. The van der Waals surface area contributed by atoms with E-state index in [0.717, 1.165) is 15.7 Å². The van der Waals surface area contributed by atoms with Crippen LogP contribution >= 0.6 is 0 Å². The Bertz CT molecular complexity index is 1410.